The van der Waals surface area contributed by atoms with E-state index in [4.69, 9.17) is 4.74 Å². The summed E-state index contributed by atoms with van der Waals surface area (Å²) in [7, 11) is 0. The van der Waals surface area contributed by atoms with Crippen LogP contribution in [0.4, 0.5) is 11.9 Å². The molecule has 6 nitrogen and oxygen atoms in total. The molecule has 0 atom stereocenters. The minimum atomic E-state index is 0.473. The summed E-state index contributed by atoms with van der Waals surface area (Å²) in [5, 5.41) is 4.51. The molecule has 0 saturated carbocycles. The lowest BCUT2D eigenvalue weighted by molar-refractivity contribution is 0.0454. The Hall–Kier alpha value is -1.08. The van der Waals surface area contributed by atoms with E-state index in [-0.39, 0.29) is 0 Å². The summed E-state index contributed by atoms with van der Waals surface area (Å²) >= 11 is 1.68. The first-order valence-electron chi connectivity index (χ1n) is 7.26. The van der Waals surface area contributed by atoms with Crippen LogP contribution in [0, 0.1) is 0 Å². The number of rotatable bonds is 8. The van der Waals surface area contributed by atoms with E-state index in [0.717, 1.165) is 50.4 Å². The van der Waals surface area contributed by atoms with Crippen molar-refractivity contribution < 1.29 is 4.74 Å². The summed E-state index contributed by atoms with van der Waals surface area (Å²) in [5.41, 5.74) is 0. The summed E-state index contributed by atoms with van der Waals surface area (Å²) in [6, 6.07) is 0. The largest absolute Gasteiger partial charge is 0.379 e. The molecule has 2 heterocycles. The van der Waals surface area contributed by atoms with Crippen molar-refractivity contribution in [1.82, 2.24) is 15.0 Å². The highest BCUT2D eigenvalue weighted by atomic mass is 32.2. The Labute approximate surface area is 124 Å². The molecule has 0 aliphatic carbocycles. The van der Waals surface area contributed by atoms with Crippen LogP contribution in [0.3, 0.4) is 0 Å². The molecule has 7 heteroatoms. The summed E-state index contributed by atoms with van der Waals surface area (Å²) < 4.78 is 5.20. The molecular formula is C13H23N5OS. The van der Waals surface area contributed by atoms with Crippen molar-refractivity contribution >= 4 is 23.7 Å². The molecule has 0 aromatic carbocycles. The molecule has 20 heavy (non-hydrogen) atoms. The van der Waals surface area contributed by atoms with Gasteiger partial charge in [-0.3, -0.25) is 0 Å². The van der Waals surface area contributed by atoms with Gasteiger partial charge in [-0.1, -0.05) is 18.7 Å². The van der Waals surface area contributed by atoms with E-state index < -0.39 is 0 Å². The van der Waals surface area contributed by atoms with Gasteiger partial charge in [-0.2, -0.15) is 15.0 Å². The molecule has 1 aliphatic rings. The lowest BCUT2D eigenvalue weighted by atomic mass is 10.4. The van der Waals surface area contributed by atoms with E-state index in [1.807, 2.05) is 0 Å². The lowest BCUT2D eigenvalue weighted by Crippen LogP contribution is -2.31. The third-order valence-corrected chi connectivity index (χ3v) is 4.06. The Balaban J connectivity index is 2.17. The molecule has 0 bridgehead atoms. The SMILES string of the molecule is CCCNc1nc(SC2COC2)nc(N(CC)CC)n1. The first-order chi connectivity index (χ1) is 9.76. The van der Waals surface area contributed by atoms with Crippen LogP contribution >= 0.6 is 11.8 Å². The van der Waals surface area contributed by atoms with Crippen LogP contribution < -0.4 is 10.2 Å². The van der Waals surface area contributed by atoms with E-state index in [0.29, 0.717) is 11.2 Å². The number of nitrogens with one attached hydrogen (secondary N) is 1. The van der Waals surface area contributed by atoms with Gasteiger partial charge in [0.25, 0.3) is 0 Å². The van der Waals surface area contributed by atoms with Crippen LogP contribution in [-0.2, 0) is 4.74 Å². The fourth-order valence-corrected chi connectivity index (χ4v) is 2.69. The predicted octanol–water partition coefficient (Wildman–Crippen LogP) is 2.03. The van der Waals surface area contributed by atoms with Crippen LogP contribution in [0.25, 0.3) is 0 Å². The standard InChI is InChI=1S/C13H23N5OS/c1-4-7-14-11-15-12(18(5-2)6-3)17-13(16-11)20-10-8-19-9-10/h10H,4-9H2,1-3H3,(H,14,15,16,17). The number of hydrogen-bond acceptors (Lipinski definition) is 7. The Morgan fingerprint density at radius 2 is 1.95 bits per heavy atom. The summed E-state index contributed by atoms with van der Waals surface area (Å²) in [6.07, 6.45) is 1.05. The molecular weight excluding hydrogens is 274 g/mol. The first-order valence-corrected chi connectivity index (χ1v) is 8.14. The molecule has 1 fully saturated rings. The minimum absolute atomic E-state index is 0.473. The Kier molecular flexibility index (Phi) is 5.85. The molecule has 0 amide bonds. The predicted molar refractivity (Wildman–Crippen MR) is 82.6 cm³/mol. The maximum absolute atomic E-state index is 5.20. The van der Waals surface area contributed by atoms with E-state index in [2.05, 4.69) is 45.9 Å². The van der Waals surface area contributed by atoms with E-state index >= 15 is 0 Å². The van der Waals surface area contributed by atoms with Crippen molar-refractivity contribution in [3.8, 4) is 0 Å². The fraction of sp³-hybridized carbons (Fsp3) is 0.769. The van der Waals surface area contributed by atoms with Gasteiger partial charge in [0.2, 0.25) is 11.9 Å². The molecule has 0 radical (unpaired) electrons. The van der Waals surface area contributed by atoms with Gasteiger partial charge in [0, 0.05) is 19.6 Å². The first kappa shape index (κ1) is 15.3. The number of ether oxygens (including phenoxy) is 1. The van der Waals surface area contributed by atoms with Crippen molar-refractivity contribution in [2.75, 3.05) is 43.1 Å². The van der Waals surface area contributed by atoms with Crippen LogP contribution in [0.5, 0.6) is 0 Å². The van der Waals surface area contributed by atoms with Crippen molar-refractivity contribution in [3.63, 3.8) is 0 Å². The Bertz CT molecular complexity index is 423. The second kappa shape index (κ2) is 7.64. The summed E-state index contributed by atoms with van der Waals surface area (Å²) in [6.45, 7) is 10.6. The third kappa shape index (κ3) is 3.96. The van der Waals surface area contributed by atoms with Crippen LogP contribution in [-0.4, -0.2) is 53.0 Å². The van der Waals surface area contributed by atoms with Gasteiger partial charge in [-0.15, -0.1) is 0 Å². The van der Waals surface area contributed by atoms with Crippen molar-refractivity contribution in [2.45, 2.75) is 37.6 Å². The monoisotopic (exact) mass is 297 g/mol. The number of nitrogens with zero attached hydrogens (tertiary/aromatic N) is 4. The average molecular weight is 297 g/mol. The molecule has 2 rings (SSSR count). The zero-order valence-corrected chi connectivity index (χ0v) is 13.2. The van der Waals surface area contributed by atoms with Gasteiger partial charge in [0.15, 0.2) is 5.16 Å². The zero-order valence-electron chi connectivity index (χ0n) is 12.4. The highest BCUT2D eigenvalue weighted by molar-refractivity contribution is 7.99. The molecule has 1 aliphatic heterocycles. The Morgan fingerprint density at radius 3 is 2.50 bits per heavy atom. The Morgan fingerprint density at radius 1 is 1.20 bits per heavy atom. The molecule has 1 aromatic heterocycles. The number of anilines is 2. The van der Waals surface area contributed by atoms with Crippen molar-refractivity contribution in [1.29, 1.82) is 0 Å². The molecule has 0 spiro atoms. The van der Waals surface area contributed by atoms with Gasteiger partial charge in [-0.05, 0) is 20.3 Å². The maximum Gasteiger partial charge on any atom is 0.231 e. The average Bonchev–Trinajstić information content (AvgIpc) is 2.42. The third-order valence-electron chi connectivity index (χ3n) is 3.06. The maximum atomic E-state index is 5.20. The summed E-state index contributed by atoms with van der Waals surface area (Å²) in [4.78, 5) is 15.7. The van der Waals surface area contributed by atoms with Crippen molar-refractivity contribution in [2.24, 2.45) is 0 Å². The molecule has 1 aromatic rings. The highest BCUT2D eigenvalue weighted by Gasteiger charge is 2.22. The van der Waals surface area contributed by atoms with Crippen LogP contribution in [0.15, 0.2) is 5.16 Å². The van der Waals surface area contributed by atoms with Crippen LogP contribution in [0.1, 0.15) is 27.2 Å². The molecule has 1 N–H and O–H groups in total. The number of hydrogen-bond donors (Lipinski definition) is 1. The number of thioether (sulfide) groups is 1. The fourth-order valence-electron chi connectivity index (χ4n) is 1.79. The second-order valence-corrected chi connectivity index (χ2v) is 5.89. The van der Waals surface area contributed by atoms with E-state index in [1.165, 1.54) is 0 Å². The van der Waals surface area contributed by atoms with Gasteiger partial charge in [-0.25, -0.2) is 0 Å². The van der Waals surface area contributed by atoms with Gasteiger partial charge < -0.3 is 15.0 Å². The van der Waals surface area contributed by atoms with Crippen LogP contribution in [0.2, 0.25) is 0 Å². The zero-order chi connectivity index (χ0) is 14.4. The topological polar surface area (TPSA) is 63.2 Å². The van der Waals surface area contributed by atoms with Gasteiger partial charge in [0.05, 0.1) is 18.5 Å². The lowest BCUT2D eigenvalue weighted by Gasteiger charge is -2.25. The van der Waals surface area contributed by atoms with E-state index in [1.54, 1.807) is 11.8 Å². The molecule has 0 unspecified atom stereocenters. The highest BCUT2D eigenvalue weighted by Crippen LogP contribution is 2.27. The summed E-state index contributed by atoms with van der Waals surface area (Å²) in [5.74, 6) is 1.43. The van der Waals surface area contributed by atoms with E-state index in [9.17, 15) is 0 Å². The van der Waals surface area contributed by atoms with Crippen molar-refractivity contribution in [3.05, 3.63) is 0 Å². The smallest absolute Gasteiger partial charge is 0.231 e. The molecule has 1 saturated heterocycles. The minimum Gasteiger partial charge on any atom is -0.379 e. The number of aromatic nitrogens is 3. The normalized spacial score (nSPS) is 14.9. The second-order valence-electron chi connectivity index (χ2n) is 4.62. The van der Waals surface area contributed by atoms with Gasteiger partial charge >= 0.3 is 0 Å². The van der Waals surface area contributed by atoms with Gasteiger partial charge in [0.1, 0.15) is 0 Å². The molecule has 112 valence electrons. The quantitative estimate of drug-likeness (QED) is 0.787.